The number of benzene rings is 2. The Kier molecular flexibility index (Phi) is 6.64. The summed E-state index contributed by atoms with van der Waals surface area (Å²) in [6.07, 6.45) is 0.136. The van der Waals surface area contributed by atoms with Crippen molar-refractivity contribution in [3.63, 3.8) is 0 Å². The van der Waals surface area contributed by atoms with Gasteiger partial charge in [0, 0.05) is 18.0 Å². The Balaban J connectivity index is 2.07. The fraction of sp³-hybridized carbons (Fsp3) is 0.316. The van der Waals surface area contributed by atoms with Gasteiger partial charge in [-0.25, -0.2) is 0 Å². The Bertz CT molecular complexity index is 674. The van der Waals surface area contributed by atoms with Gasteiger partial charge in [0.2, 0.25) is 0 Å². The zero-order chi connectivity index (χ0) is 17.5. The van der Waals surface area contributed by atoms with Gasteiger partial charge < -0.3 is 15.2 Å². The summed E-state index contributed by atoms with van der Waals surface area (Å²) in [6, 6.07) is 14.8. The third-order valence-electron chi connectivity index (χ3n) is 3.82. The molecule has 2 aromatic carbocycles. The summed E-state index contributed by atoms with van der Waals surface area (Å²) in [4.78, 5) is 12.4. The van der Waals surface area contributed by atoms with Crippen LogP contribution in [0.3, 0.4) is 0 Å². The molecule has 0 fully saturated rings. The van der Waals surface area contributed by atoms with Crippen LogP contribution < -0.4 is 10.1 Å². The van der Waals surface area contributed by atoms with Crippen LogP contribution in [0.15, 0.2) is 48.5 Å². The number of hydrogen-bond acceptors (Lipinski definition) is 3. The van der Waals surface area contributed by atoms with Crippen molar-refractivity contribution in [3.8, 4) is 5.75 Å². The van der Waals surface area contributed by atoms with Gasteiger partial charge >= 0.3 is 0 Å². The van der Waals surface area contributed by atoms with E-state index in [1.165, 1.54) is 7.11 Å². The number of halogens is 1. The Morgan fingerprint density at radius 2 is 1.96 bits per heavy atom. The van der Waals surface area contributed by atoms with Crippen molar-refractivity contribution in [1.82, 2.24) is 5.32 Å². The van der Waals surface area contributed by atoms with Crippen LogP contribution in [0.5, 0.6) is 5.75 Å². The number of hydrogen-bond donors (Lipinski definition) is 2. The highest BCUT2D eigenvalue weighted by Gasteiger charge is 2.16. The van der Waals surface area contributed by atoms with Crippen molar-refractivity contribution >= 4 is 17.5 Å². The predicted molar refractivity (Wildman–Crippen MR) is 95.8 cm³/mol. The fourth-order valence-electron chi connectivity index (χ4n) is 2.59. The van der Waals surface area contributed by atoms with Gasteiger partial charge in [0.25, 0.3) is 5.91 Å². The van der Waals surface area contributed by atoms with Crippen LogP contribution >= 0.6 is 11.6 Å². The smallest absolute Gasteiger partial charge is 0.251 e. The molecule has 4 nitrogen and oxygen atoms in total. The van der Waals surface area contributed by atoms with Crippen molar-refractivity contribution in [1.29, 1.82) is 0 Å². The van der Waals surface area contributed by atoms with Gasteiger partial charge in [0.1, 0.15) is 5.75 Å². The van der Waals surface area contributed by atoms with Crippen LogP contribution in [0, 0.1) is 0 Å². The second kappa shape index (κ2) is 8.71. The summed E-state index contributed by atoms with van der Waals surface area (Å²) >= 11 is 5.98. The lowest BCUT2D eigenvalue weighted by molar-refractivity contribution is 0.0945. The van der Waals surface area contributed by atoms with Gasteiger partial charge in [-0.1, -0.05) is 41.9 Å². The van der Waals surface area contributed by atoms with Gasteiger partial charge in [-0.2, -0.15) is 0 Å². The van der Waals surface area contributed by atoms with Crippen LogP contribution in [0.2, 0.25) is 5.02 Å². The molecule has 0 radical (unpaired) electrons. The molecule has 2 N–H and O–H groups in total. The first kappa shape index (κ1) is 18.3. The number of amides is 1. The number of aliphatic hydroxyl groups is 1. The average Bonchev–Trinajstić information content (AvgIpc) is 2.59. The zero-order valence-corrected chi connectivity index (χ0v) is 14.6. The van der Waals surface area contributed by atoms with Gasteiger partial charge in [-0.3, -0.25) is 4.79 Å². The summed E-state index contributed by atoms with van der Waals surface area (Å²) in [5.41, 5.74) is 1.58. The highest BCUT2D eigenvalue weighted by atomic mass is 35.5. The fourth-order valence-corrected chi connectivity index (χ4v) is 2.79. The molecule has 5 heteroatoms. The Labute approximate surface area is 147 Å². The minimum Gasteiger partial charge on any atom is -0.495 e. The van der Waals surface area contributed by atoms with E-state index in [0.717, 1.165) is 5.56 Å². The highest BCUT2D eigenvalue weighted by Crippen LogP contribution is 2.25. The van der Waals surface area contributed by atoms with Crippen LogP contribution in [-0.2, 0) is 0 Å². The van der Waals surface area contributed by atoms with E-state index >= 15 is 0 Å². The van der Waals surface area contributed by atoms with Crippen LogP contribution in [0.25, 0.3) is 0 Å². The maximum absolute atomic E-state index is 12.4. The molecule has 0 aliphatic rings. The van der Waals surface area contributed by atoms with Gasteiger partial charge in [0.05, 0.1) is 18.2 Å². The number of aliphatic hydroxyl groups excluding tert-OH is 1. The largest absolute Gasteiger partial charge is 0.495 e. The molecule has 0 aliphatic heterocycles. The Hall–Kier alpha value is -2.04. The molecule has 1 amide bonds. The van der Waals surface area contributed by atoms with E-state index in [0.29, 0.717) is 29.3 Å². The van der Waals surface area contributed by atoms with E-state index in [1.54, 1.807) is 25.1 Å². The monoisotopic (exact) mass is 347 g/mol. The number of carbonyl (C=O) groups is 1. The van der Waals surface area contributed by atoms with Crippen LogP contribution in [-0.4, -0.2) is 30.8 Å². The Morgan fingerprint density at radius 1 is 1.25 bits per heavy atom. The zero-order valence-electron chi connectivity index (χ0n) is 13.8. The van der Waals surface area contributed by atoms with Gasteiger partial charge in [-0.05, 0) is 37.1 Å². The molecule has 2 unspecified atom stereocenters. The first-order valence-corrected chi connectivity index (χ1v) is 8.23. The summed E-state index contributed by atoms with van der Waals surface area (Å²) in [5.74, 6) is 0.314. The molecule has 0 spiro atoms. The molecular weight excluding hydrogens is 326 g/mol. The molecular formula is C19H22ClNO3. The van der Waals surface area contributed by atoms with E-state index in [2.05, 4.69) is 5.32 Å². The van der Waals surface area contributed by atoms with Crippen LogP contribution in [0.1, 0.15) is 35.2 Å². The summed E-state index contributed by atoms with van der Waals surface area (Å²) in [6.45, 7) is 2.19. The number of ether oxygens (including phenoxy) is 1. The first-order chi connectivity index (χ1) is 11.5. The molecule has 2 rings (SSSR count). The lowest BCUT2D eigenvalue weighted by atomic mass is 9.93. The van der Waals surface area contributed by atoms with E-state index in [9.17, 15) is 9.90 Å². The maximum atomic E-state index is 12.4. The van der Waals surface area contributed by atoms with Crippen molar-refractivity contribution in [2.75, 3.05) is 13.7 Å². The number of rotatable bonds is 7. The van der Waals surface area contributed by atoms with E-state index in [1.807, 2.05) is 30.3 Å². The van der Waals surface area contributed by atoms with Gasteiger partial charge in [0.15, 0.2) is 0 Å². The molecule has 128 valence electrons. The third kappa shape index (κ3) is 4.98. The maximum Gasteiger partial charge on any atom is 0.251 e. The van der Waals surface area contributed by atoms with Crippen molar-refractivity contribution in [2.45, 2.75) is 25.4 Å². The van der Waals surface area contributed by atoms with Gasteiger partial charge in [-0.15, -0.1) is 0 Å². The number of carbonyl (C=O) groups excluding carboxylic acids is 1. The van der Waals surface area contributed by atoms with Crippen molar-refractivity contribution < 1.29 is 14.6 Å². The molecule has 0 saturated carbocycles. The first-order valence-electron chi connectivity index (χ1n) is 7.86. The van der Waals surface area contributed by atoms with Crippen molar-refractivity contribution in [2.24, 2.45) is 0 Å². The highest BCUT2D eigenvalue weighted by molar-refractivity contribution is 6.32. The van der Waals surface area contributed by atoms with Crippen molar-refractivity contribution in [3.05, 3.63) is 64.7 Å². The molecule has 2 aromatic rings. The summed E-state index contributed by atoms with van der Waals surface area (Å²) in [5, 5.41) is 13.1. The molecule has 24 heavy (non-hydrogen) atoms. The van der Waals surface area contributed by atoms with E-state index < -0.39 is 6.10 Å². The molecule has 0 aromatic heterocycles. The third-order valence-corrected chi connectivity index (χ3v) is 4.13. The molecule has 2 atom stereocenters. The van der Waals surface area contributed by atoms with E-state index in [-0.39, 0.29) is 11.8 Å². The summed E-state index contributed by atoms with van der Waals surface area (Å²) in [7, 11) is 1.51. The number of nitrogens with one attached hydrogen (secondary N) is 1. The Morgan fingerprint density at radius 3 is 2.58 bits per heavy atom. The minimum atomic E-state index is -0.442. The lowest BCUT2D eigenvalue weighted by Crippen LogP contribution is -2.29. The minimum absolute atomic E-state index is 0.0457. The average molecular weight is 348 g/mol. The second-order valence-corrected chi connectivity index (χ2v) is 6.16. The quantitative estimate of drug-likeness (QED) is 0.804. The molecule has 0 saturated heterocycles. The standard InChI is InChI=1S/C19H22ClNO3/c1-13(22)10-16(14-6-4-3-5-7-14)12-21-19(23)15-8-9-17(20)18(11-15)24-2/h3-9,11,13,16,22H,10,12H2,1-2H3,(H,21,23). The summed E-state index contributed by atoms with van der Waals surface area (Å²) < 4.78 is 5.14. The molecule has 0 heterocycles. The van der Waals surface area contributed by atoms with Crippen LogP contribution in [0.4, 0.5) is 0 Å². The second-order valence-electron chi connectivity index (χ2n) is 5.75. The van der Waals surface area contributed by atoms with E-state index in [4.69, 9.17) is 16.3 Å². The lowest BCUT2D eigenvalue weighted by Gasteiger charge is -2.20. The predicted octanol–water partition coefficient (Wildman–Crippen LogP) is 3.63. The SMILES string of the molecule is COc1cc(C(=O)NCC(CC(C)O)c2ccccc2)ccc1Cl. The molecule has 0 aliphatic carbocycles. The molecule has 0 bridgehead atoms. The normalized spacial score (nSPS) is 13.2. The topological polar surface area (TPSA) is 58.6 Å². The number of methoxy groups -OCH3 is 1.